The number of nitrogens with one attached hydrogen (secondary N) is 1. The van der Waals surface area contributed by atoms with Crippen LogP contribution in [0.25, 0.3) is 11.0 Å². The minimum absolute atomic E-state index is 0.249. The summed E-state index contributed by atoms with van der Waals surface area (Å²) in [7, 11) is 0. The Morgan fingerprint density at radius 3 is 3.00 bits per heavy atom. The monoisotopic (exact) mass is 417 g/mol. The Hall–Kier alpha value is -2.12. The van der Waals surface area contributed by atoms with Gasteiger partial charge in [-0.15, -0.1) is 11.3 Å². The molecule has 5 nitrogen and oxygen atoms in total. The molecule has 0 fully saturated rings. The Morgan fingerprint density at radius 2 is 2.28 bits per heavy atom. The predicted molar refractivity (Wildman–Crippen MR) is 103 cm³/mol. The first-order valence-electron chi connectivity index (χ1n) is 7.96. The van der Waals surface area contributed by atoms with Gasteiger partial charge in [-0.25, -0.2) is 9.78 Å². The van der Waals surface area contributed by atoms with Crippen LogP contribution in [0.2, 0.25) is 0 Å². The third-order valence-electron chi connectivity index (χ3n) is 4.19. The van der Waals surface area contributed by atoms with Gasteiger partial charge in [-0.3, -0.25) is 4.57 Å². The number of thiophene rings is 1. The van der Waals surface area contributed by atoms with E-state index in [1.165, 1.54) is 0 Å². The summed E-state index contributed by atoms with van der Waals surface area (Å²) in [6.07, 6.45) is 0. The Morgan fingerprint density at radius 1 is 1.44 bits per heavy atom. The van der Waals surface area contributed by atoms with Crippen LogP contribution in [0.1, 0.15) is 24.8 Å². The van der Waals surface area contributed by atoms with E-state index >= 15 is 0 Å². The molecule has 0 bridgehead atoms. The quantitative estimate of drug-likeness (QED) is 0.626. The van der Waals surface area contributed by atoms with Gasteiger partial charge in [-0.1, -0.05) is 22.0 Å². The molecule has 3 heterocycles. The molecule has 4 rings (SSSR count). The number of carbonyl (C=O) groups excluding carboxylic acids is 1. The molecular formula is C18H16BrN3O2S. The summed E-state index contributed by atoms with van der Waals surface area (Å²) in [6.45, 7) is 4.06. The van der Waals surface area contributed by atoms with Crippen molar-refractivity contribution in [1.82, 2.24) is 9.55 Å². The molecule has 0 saturated carbocycles. The Bertz CT molecular complexity index is 991. The lowest BCUT2D eigenvalue weighted by atomic mass is 10.0. The first-order valence-corrected chi connectivity index (χ1v) is 9.63. The van der Waals surface area contributed by atoms with E-state index in [1.54, 1.807) is 11.3 Å². The van der Waals surface area contributed by atoms with Crippen LogP contribution in [-0.4, -0.2) is 22.1 Å². The number of rotatable bonds is 3. The number of imidazole rings is 1. The highest BCUT2D eigenvalue weighted by Gasteiger charge is 2.35. The van der Waals surface area contributed by atoms with Crippen LogP contribution in [0.3, 0.4) is 0 Å². The molecule has 0 amide bonds. The fraction of sp³-hybridized carbons (Fsp3) is 0.222. The van der Waals surface area contributed by atoms with Crippen LogP contribution in [0.15, 0.2) is 51.5 Å². The number of carbonyl (C=O) groups is 1. The number of fused-ring (bicyclic) bond motifs is 3. The first-order chi connectivity index (χ1) is 12.1. The van der Waals surface area contributed by atoms with Crippen molar-refractivity contribution >= 4 is 50.2 Å². The van der Waals surface area contributed by atoms with E-state index in [4.69, 9.17) is 9.72 Å². The van der Waals surface area contributed by atoms with Crippen molar-refractivity contribution in [3.8, 4) is 0 Å². The molecule has 1 unspecified atom stereocenters. The normalized spacial score (nSPS) is 16.7. The van der Waals surface area contributed by atoms with Gasteiger partial charge in [-0.05, 0) is 43.5 Å². The zero-order valence-electron chi connectivity index (χ0n) is 13.7. The molecule has 1 atom stereocenters. The second kappa shape index (κ2) is 6.31. The molecule has 1 aliphatic rings. The molecule has 0 spiro atoms. The van der Waals surface area contributed by atoms with Crippen LogP contribution in [-0.2, 0) is 9.53 Å². The zero-order chi connectivity index (χ0) is 17.6. The number of anilines is 1. The number of hydrogen-bond donors (Lipinski definition) is 1. The molecule has 25 heavy (non-hydrogen) atoms. The van der Waals surface area contributed by atoms with E-state index in [1.807, 2.05) is 49.6 Å². The number of allylic oxidation sites excluding steroid dienone is 1. The summed E-state index contributed by atoms with van der Waals surface area (Å²) in [4.78, 5) is 18.5. The van der Waals surface area contributed by atoms with Gasteiger partial charge in [0.2, 0.25) is 5.95 Å². The lowest BCUT2D eigenvalue weighted by molar-refractivity contribution is -0.139. The van der Waals surface area contributed by atoms with Crippen molar-refractivity contribution in [3.05, 3.63) is 56.3 Å². The fourth-order valence-corrected chi connectivity index (χ4v) is 4.35. The van der Waals surface area contributed by atoms with Crippen LogP contribution in [0.4, 0.5) is 5.95 Å². The topological polar surface area (TPSA) is 56.1 Å². The van der Waals surface area contributed by atoms with Crippen molar-refractivity contribution in [3.63, 3.8) is 0 Å². The first kappa shape index (κ1) is 16.4. The number of esters is 1. The van der Waals surface area contributed by atoms with Crippen molar-refractivity contribution in [2.75, 3.05) is 11.9 Å². The number of ether oxygens (including phenoxy) is 1. The molecule has 3 aromatic rings. The van der Waals surface area contributed by atoms with Gasteiger partial charge < -0.3 is 10.1 Å². The summed E-state index contributed by atoms with van der Waals surface area (Å²) < 4.78 is 8.38. The number of nitrogens with zero attached hydrogens (tertiary/aromatic N) is 2. The third kappa shape index (κ3) is 2.67. The molecule has 1 N–H and O–H groups in total. The maximum atomic E-state index is 12.7. The number of halogens is 1. The lowest BCUT2D eigenvalue weighted by Gasteiger charge is -2.29. The predicted octanol–water partition coefficient (Wildman–Crippen LogP) is 4.71. The number of aromatic nitrogens is 2. The lowest BCUT2D eigenvalue weighted by Crippen LogP contribution is -2.28. The van der Waals surface area contributed by atoms with Crippen LogP contribution in [0, 0.1) is 0 Å². The molecule has 0 saturated heterocycles. The molecule has 128 valence electrons. The number of hydrogen-bond acceptors (Lipinski definition) is 5. The molecule has 2 aromatic heterocycles. The fourth-order valence-electron chi connectivity index (χ4n) is 3.18. The van der Waals surface area contributed by atoms with E-state index in [0.29, 0.717) is 12.2 Å². The van der Waals surface area contributed by atoms with Crippen molar-refractivity contribution in [2.24, 2.45) is 0 Å². The van der Waals surface area contributed by atoms with Crippen LogP contribution in [0.5, 0.6) is 0 Å². The highest BCUT2D eigenvalue weighted by atomic mass is 79.9. The van der Waals surface area contributed by atoms with Crippen molar-refractivity contribution < 1.29 is 9.53 Å². The maximum absolute atomic E-state index is 12.7. The summed E-state index contributed by atoms with van der Waals surface area (Å²) in [5, 5.41) is 5.29. The van der Waals surface area contributed by atoms with E-state index in [9.17, 15) is 4.79 Å². The second-order valence-corrected chi connectivity index (χ2v) is 7.64. The Labute approximate surface area is 157 Å². The second-order valence-electron chi connectivity index (χ2n) is 5.74. The van der Waals surface area contributed by atoms with E-state index in [-0.39, 0.29) is 12.0 Å². The summed E-state index contributed by atoms with van der Waals surface area (Å²) in [5.41, 5.74) is 3.24. The van der Waals surface area contributed by atoms with Gasteiger partial charge in [0.1, 0.15) is 6.04 Å². The maximum Gasteiger partial charge on any atom is 0.338 e. The molecule has 1 aliphatic heterocycles. The molecule has 1 aromatic carbocycles. The highest BCUT2D eigenvalue weighted by molar-refractivity contribution is 9.10. The van der Waals surface area contributed by atoms with E-state index in [0.717, 1.165) is 32.0 Å². The van der Waals surface area contributed by atoms with Crippen LogP contribution < -0.4 is 5.32 Å². The minimum Gasteiger partial charge on any atom is -0.463 e. The van der Waals surface area contributed by atoms with Crippen LogP contribution >= 0.6 is 27.3 Å². The molecular weight excluding hydrogens is 402 g/mol. The average molecular weight is 418 g/mol. The van der Waals surface area contributed by atoms with Crippen molar-refractivity contribution in [2.45, 2.75) is 19.9 Å². The molecule has 0 radical (unpaired) electrons. The van der Waals surface area contributed by atoms with Gasteiger partial charge in [-0.2, -0.15) is 0 Å². The SMILES string of the molecule is CCOC(=O)C1=C(C)Nc2nc3cc(Br)ccc3n2C1c1cccs1. The summed E-state index contributed by atoms with van der Waals surface area (Å²) in [6, 6.07) is 9.77. The molecule has 7 heteroatoms. The van der Waals surface area contributed by atoms with Gasteiger partial charge in [0.05, 0.1) is 23.2 Å². The standard InChI is InChI=1S/C18H16BrN3O2S/c1-3-24-17(23)15-10(2)20-18-21-12-9-11(19)6-7-13(12)22(18)16(15)14-5-4-8-25-14/h4-9,16H,3H2,1-2H3,(H,20,21). The zero-order valence-corrected chi connectivity index (χ0v) is 16.1. The van der Waals surface area contributed by atoms with Gasteiger partial charge in [0.15, 0.2) is 0 Å². The van der Waals surface area contributed by atoms with E-state index in [2.05, 4.69) is 25.8 Å². The smallest absolute Gasteiger partial charge is 0.338 e. The average Bonchev–Trinajstić information content (AvgIpc) is 3.20. The molecule has 0 aliphatic carbocycles. The van der Waals surface area contributed by atoms with Gasteiger partial charge in [0.25, 0.3) is 0 Å². The minimum atomic E-state index is -0.296. The summed E-state index contributed by atoms with van der Waals surface area (Å²) in [5.74, 6) is 0.438. The summed E-state index contributed by atoms with van der Waals surface area (Å²) >= 11 is 5.12. The Kier molecular flexibility index (Phi) is 4.13. The largest absolute Gasteiger partial charge is 0.463 e. The van der Waals surface area contributed by atoms with E-state index < -0.39 is 0 Å². The third-order valence-corrected chi connectivity index (χ3v) is 5.61. The van der Waals surface area contributed by atoms with Gasteiger partial charge >= 0.3 is 5.97 Å². The Balaban J connectivity index is 1.97. The van der Waals surface area contributed by atoms with Gasteiger partial charge in [0, 0.05) is 15.0 Å². The number of benzene rings is 1. The highest BCUT2D eigenvalue weighted by Crippen LogP contribution is 2.41. The van der Waals surface area contributed by atoms with Crippen molar-refractivity contribution in [1.29, 1.82) is 0 Å².